The van der Waals surface area contributed by atoms with Crippen LogP contribution in [-0.2, 0) is 10.0 Å². The molecule has 5 rings (SSSR count). The molecule has 9 heteroatoms. The number of ether oxygens (including phenoxy) is 2. The standard InChI is InChI=1S/C24H28N4O4S/c1-3-13-33(29,30)28-11-9-17(10-12-28)24-26-22(18-7-8-20-21(14-18)32-15-31-20)23(27-24)19-6-4-5-16(2)25-19/h4-8,14,17H,3,9-13,15H2,1-2H3,(H,26,27). The molecule has 8 nitrogen and oxygen atoms in total. The van der Waals surface area contributed by atoms with Crippen molar-refractivity contribution in [2.45, 2.75) is 39.0 Å². The lowest BCUT2D eigenvalue weighted by molar-refractivity contribution is 0.174. The van der Waals surface area contributed by atoms with Gasteiger partial charge in [0.15, 0.2) is 11.5 Å². The highest BCUT2D eigenvalue weighted by molar-refractivity contribution is 7.89. The van der Waals surface area contributed by atoms with Crippen LogP contribution in [0.15, 0.2) is 36.4 Å². The number of hydrogen-bond acceptors (Lipinski definition) is 6. The van der Waals surface area contributed by atoms with Gasteiger partial charge in [0.05, 0.1) is 22.8 Å². The van der Waals surface area contributed by atoms with E-state index in [1.54, 1.807) is 4.31 Å². The van der Waals surface area contributed by atoms with Crippen LogP contribution >= 0.6 is 0 Å². The molecular formula is C24H28N4O4S. The molecule has 174 valence electrons. The molecule has 2 aromatic heterocycles. The van der Waals surface area contributed by atoms with Crippen LogP contribution in [-0.4, -0.2) is 53.3 Å². The maximum atomic E-state index is 12.5. The van der Waals surface area contributed by atoms with Crippen LogP contribution in [0.2, 0.25) is 0 Å². The predicted octanol–water partition coefficient (Wildman–Crippen LogP) is 4.10. The summed E-state index contributed by atoms with van der Waals surface area (Å²) >= 11 is 0. The molecule has 1 N–H and O–H groups in total. The highest BCUT2D eigenvalue weighted by Gasteiger charge is 2.30. The maximum Gasteiger partial charge on any atom is 0.231 e. The summed E-state index contributed by atoms with van der Waals surface area (Å²) in [4.78, 5) is 13.2. The van der Waals surface area contributed by atoms with Crippen molar-refractivity contribution < 1.29 is 17.9 Å². The molecule has 0 spiro atoms. The Bertz CT molecular complexity index is 1260. The molecule has 0 saturated carbocycles. The average Bonchev–Trinajstić information content (AvgIpc) is 3.46. The number of sulfonamides is 1. The first-order valence-corrected chi connectivity index (χ1v) is 13.0. The normalized spacial score (nSPS) is 16.9. The van der Waals surface area contributed by atoms with E-state index in [4.69, 9.17) is 19.4 Å². The minimum Gasteiger partial charge on any atom is -0.454 e. The van der Waals surface area contributed by atoms with Crippen molar-refractivity contribution >= 4 is 10.0 Å². The van der Waals surface area contributed by atoms with E-state index in [1.165, 1.54) is 0 Å². The Morgan fingerprint density at radius 2 is 1.88 bits per heavy atom. The number of fused-ring (bicyclic) bond motifs is 1. The van der Waals surface area contributed by atoms with E-state index in [0.29, 0.717) is 25.3 Å². The van der Waals surface area contributed by atoms with E-state index in [2.05, 4.69) is 4.98 Å². The fourth-order valence-corrected chi connectivity index (χ4v) is 6.04. The summed E-state index contributed by atoms with van der Waals surface area (Å²) in [7, 11) is -3.17. The van der Waals surface area contributed by atoms with Gasteiger partial charge in [-0.15, -0.1) is 0 Å². The Kier molecular flexibility index (Phi) is 5.84. The smallest absolute Gasteiger partial charge is 0.231 e. The average molecular weight is 469 g/mol. The summed E-state index contributed by atoms with van der Waals surface area (Å²) in [6.07, 6.45) is 2.10. The van der Waals surface area contributed by atoms with Gasteiger partial charge < -0.3 is 14.5 Å². The van der Waals surface area contributed by atoms with Crippen LogP contribution < -0.4 is 9.47 Å². The highest BCUT2D eigenvalue weighted by atomic mass is 32.2. The van der Waals surface area contributed by atoms with E-state index >= 15 is 0 Å². The molecule has 1 aromatic carbocycles. The molecule has 1 saturated heterocycles. The zero-order valence-electron chi connectivity index (χ0n) is 18.9. The molecule has 1 fully saturated rings. The number of aryl methyl sites for hydroxylation is 1. The first-order chi connectivity index (χ1) is 15.9. The fraction of sp³-hybridized carbons (Fsp3) is 0.417. The lowest BCUT2D eigenvalue weighted by Crippen LogP contribution is -2.39. The lowest BCUT2D eigenvalue weighted by Gasteiger charge is -2.30. The van der Waals surface area contributed by atoms with Crippen LogP contribution in [0.4, 0.5) is 0 Å². The molecule has 0 bridgehead atoms. The first kappa shape index (κ1) is 21.9. The minimum absolute atomic E-state index is 0.157. The van der Waals surface area contributed by atoms with Crippen molar-refractivity contribution in [1.82, 2.24) is 19.3 Å². The van der Waals surface area contributed by atoms with Gasteiger partial charge in [-0.05, 0) is 56.5 Å². The second kappa shape index (κ2) is 8.79. The quantitative estimate of drug-likeness (QED) is 0.585. The van der Waals surface area contributed by atoms with E-state index in [0.717, 1.165) is 52.8 Å². The van der Waals surface area contributed by atoms with Crippen LogP contribution in [0, 0.1) is 6.92 Å². The van der Waals surface area contributed by atoms with Gasteiger partial charge in [-0.2, -0.15) is 0 Å². The topological polar surface area (TPSA) is 97.4 Å². The van der Waals surface area contributed by atoms with Gasteiger partial charge in [-0.1, -0.05) is 13.0 Å². The number of hydrogen-bond donors (Lipinski definition) is 1. The zero-order chi connectivity index (χ0) is 23.0. The zero-order valence-corrected chi connectivity index (χ0v) is 19.7. The molecule has 0 aliphatic carbocycles. The number of pyridine rings is 1. The van der Waals surface area contributed by atoms with Gasteiger partial charge in [-0.3, -0.25) is 4.98 Å². The summed E-state index contributed by atoms with van der Waals surface area (Å²) in [5, 5.41) is 0. The number of H-pyrrole nitrogens is 1. The molecule has 0 amide bonds. The van der Waals surface area contributed by atoms with Crippen molar-refractivity contribution in [1.29, 1.82) is 0 Å². The number of benzene rings is 1. The lowest BCUT2D eigenvalue weighted by atomic mass is 9.97. The van der Waals surface area contributed by atoms with Gasteiger partial charge in [0, 0.05) is 30.3 Å². The van der Waals surface area contributed by atoms with E-state index < -0.39 is 10.0 Å². The number of piperidine rings is 1. The molecule has 0 unspecified atom stereocenters. The molecule has 0 radical (unpaired) electrons. The third-order valence-electron chi connectivity index (χ3n) is 6.21. The molecule has 0 atom stereocenters. The number of rotatable bonds is 6. The van der Waals surface area contributed by atoms with Crippen molar-refractivity contribution in [3.8, 4) is 34.1 Å². The summed E-state index contributed by atoms with van der Waals surface area (Å²) in [5.74, 6) is 2.66. The van der Waals surface area contributed by atoms with E-state index in [-0.39, 0.29) is 18.5 Å². The monoisotopic (exact) mass is 468 g/mol. The Balaban J connectivity index is 1.48. The molecule has 33 heavy (non-hydrogen) atoms. The molecule has 4 heterocycles. The number of nitrogens with zero attached hydrogens (tertiary/aromatic N) is 3. The fourth-order valence-electron chi connectivity index (χ4n) is 4.50. The summed E-state index contributed by atoms with van der Waals surface area (Å²) in [6, 6.07) is 11.7. The van der Waals surface area contributed by atoms with Crippen LogP contribution in [0.3, 0.4) is 0 Å². The van der Waals surface area contributed by atoms with Gasteiger partial charge in [0.1, 0.15) is 5.82 Å². The number of aromatic nitrogens is 3. The Morgan fingerprint density at radius 1 is 1.09 bits per heavy atom. The number of imidazole rings is 1. The maximum absolute atomic E-state index is 12.5. The van der Waals surface area contributed by atoms with Crippen molar-refractivity contribution in [3.05, 3.63) is 47.9 Å². The molecular weight excluding hydrogens is 440 g/mol. The molecule has 3 aromatic rings. The second-order valence-corrected chi connectivity index (χ2v) is 10.7. The van der Waals surface area contributed by atoms with Gasteiger partial charge in [-0.25, -0.2) is 17.7 Å². The van der Waals surface area contributed by atoms with Crippen LogP contribution in [0.25, 0.3) is 22.6 Å². The number of nitrogens with one attached hydrogen (secondary N) is 1. The Hall–Kier alpha value is -2.91. The third-order valence-corrected chi connectivity index (χ3v) is 8.28. The molecule has 2 aliphatic rings. The van der Waals surface area contributed by atoms with Gasteiger partial charge in [0.25, 0.3) is 0 Å². The predicted molar refractivity (Wildman–Crippen MR) is 126 cm³/mol. The van der Waals surface area contributed by atoms with Crippen molar-refractivity contribution in [2.24, 2.45) is 0 Å². The molecule has 2 aliphatic heterocycles. The highest BCUT2D eigenvalue weighted by Crippen LogP contribution is 2.39. The number of aromatic amines is 1. The van der Waals surface area contributed by atoms with Crippen LogP contribution in [0.1, 0.15) is 43.6 Å². The van der Waals surface area contributed by atoms with Crippen LogP contribution in [0.5, 0.6) is 11.5 Å². The summed E-state index contributed by atoms with van der Waals surface area (Å²) in [5.41, 5.74) is 4.33. The minimum atomic E-state index is -3.17. The Labute approximate surface area is 194 Å². The van der Waals surface area contributed by atoms with E-state index in [9.17, 15) is 8.42 Å². The summed E-state index contributed by atoms with van der Waals surface area (Å²) < 4.78 is 37.6. The first-order valence-electron chi connectivity index (χ1n) is 11.4. The Morgan fingerprint density at radius 3 is 2.64 bits per heavy atom. The van der Waals surface area contributed by atoms with Crippen molar-refractivity contribution in [2.75, 3.05) is 25.6 Å². The third kappa shape index (κ3) is 4.35. The SMILES string of the molecule is CCCS(=O)(=O)N1CCC(c2nc(-c3ccc4c(c3)OCO4)c(-c3cccc(C)n3)[nH]2)CC1. The van der Waals surface area contributed by atoms with Gasteiger partial charge in [0.2, 0.25) is 16.8 Å². The second-order valence-electron chi connectivity index (χ2n) is 8.57. The summed E-state index contributed by atoms with van der Waals surface area (Å²) in [6.45, 7) is 5.12. The largest absolute Gasteiger partial charge is 0.454 e. The van der Waals surface area contributed by atoms with Gasteiger partial charge >= 0.3 is 0 Å². The van der Waals surface area contributed by atoms with Crippen molar-refractivity contribution in [3.63, 3.8) is 0 Å². The van der Waals surface area contributed by atoms with E-state index in [1.807, 2.05) is 50.2 Å².